The lowest BCUT2D eigenvalue weighted by Gasteiger charge is -1.98. The average molecular weight is 154 g/mol. The summed E-state index contributed by atoms with van der Waals surface area (Å²) >= 11 is 0. The summed E-state index contributed by atoms with van der Waals surface area (Å²) in [6, 6.07) is 0. The van der Waals surface area contributed by atoms with Crippen molar-refractivity contribution >= 4 is 10.1 Å². The van der Waals surface area contributed by atoms with Gasteiger partial charge in [0.2, 0.25) is 0 Å². The molecule has 0 aliphatic heterocycles. The fraction of sp³-hybridized carbons (Fsp3) is 1.00. The molecule has 0 saturated heterocycles. The van der Waals surface area contributed by atoms with E-state index in [1.165, 1.54) is 6.92 Å². The van der Waals surface area contributed by atoms with Crippen LogP contribution in [0.3, 0.4) is 0 Å². The van der Waals surface area contributed by atoms with Crippen LogP contribution in [0.2, 0.25) is 0 Å². The van der Waals surface area contributed by atoms with Crippen LogP contribution in [0.4, 0.5) is 0 Å². The van der Waals surface area contributed by atoms with Gasteiger partial charge in [-0.25, -0.2) is 0 Å². The van der Waals surface area contributed by atoms with Crippen molar-refractivity contribution in [1.29, 1.82) is 0 Å². The first-order chi connectivity index (χ1) is 4.12. The van der Waals surface area contributed by atoms with Gasteiger partial charge in [-0.3, -0.25) is 4.18 Å². The predicted octanol–water partition coefficient (Wildman–Crippen LogP) is -0.655. The average Bonchev–Trinajstić information content (AvgIpc) is 1.84. The van der Waals surface area contributed by atoms with Crippen molar-refractivity contribution < 1.29 is 17.7 Å². The Hall–Kier alpha value is -0.130. The minimum Gasteiger partial charge on any atom is -0.394 e. The summed E-state index contributed by atoms with van der Waals surface area (Å²) in [5, 5.41) is 8.14. The second kappa shape index (κ2) is 3.81. The molecule has 0 rings (SSSR count). The van der Waals surface area contributed by atoms with Gasteiger partial charge >= 0.3 is 0 Å². The summed E-state index contributed by atoms with van der Waals surface area (Å²) in [6.45, 7) is 1.07. The lowest BCUT2D eigenvalue weighted by atomic mass is 10.8. The van der Waals surface area contributed by atoms with E-state index >= 15 is 0 Å². The van der Waals surface area contributed by atoms with Crippen LogP contribution in [0.15, 0.2) is 0 Å². The second-order valence-electron chi connectivity index (χ2n) is 1.39. The molecule has 5 heteroatoms. The van der Waals surface area contributed by atoms with E-state index in [1.54, 1.807) is 0 Å². The van der Waals surface area contributed by atoms with E-state index in [0.717, 1.165) is 0 Å². The van der Waals surface area contributed by atoms with Crippen LogP contribution in [-0.4, -0.2) is 32.5 Å². The highest BCUT2D eigenvalue weighted by molar-refractivity contribution is 7.86. The van der Waals surface area contributed by atoms with Crippen molar-refractivity contribution in [2.24, 2.45) is 0 Å². The van der Waals surface area contributed by atoms with E-state index in [2.05, 4.69) is 4.18 Å². The van der Waals surface area contributed by atoms with Crippen LogP contribution >= 0.6 is 0 Å². The molecule has 0 aromatic carbocycles. The summed E-state index contributed by atoms with van der Waals surface area (Å²) < 4.78 is 25.1. The van der Waals surface area contributed by atoms with Crippen LogP contribution < -0.4 is 0 Å². The van der Waals surface area contributed by atoms with Crippen molar-refractivity contribution in [3.05, 3.63) is 0 Å². The molecule has 0 bridgehead atoms. The van der Waals surface area contributed by atoms with Gasteiger partial charge in [0, 0.05) is 0 Å². The fourth-order valence-corrected chi connectivity index (χ4v) is 0.743. The van der Waals surface area contributed by atoms with Gasteiger partial charge < -0.3 is 5.11 Å². The standard InChI is InChI=1S/C4H10O4S/c1-2-9(6,7)8-4-3-5/h5H,2-4H2,1H3. The molecule has 0 aromatic rings. The van der Waals surface area contributed by atoms with Crippen molar-refractivity contribution in [3.63, 3.8) is 0 Å². The zero-order chi connectivity index (χ0) is 7.33. The maximum Gasteiger partial charge on any atom is 0.267 e. The van der Waals surface area contributed by atoms with Crippen molar-refractivity contribution in [3.8, 4) is 0 Å². The summed E-state index contributed by atoms with van der Waals surface area (Å²) in [7, 11) is -3.34. The molecule has 0 radical (unpaired) electrons. The molecular formula is C4H10O4S. The summed E-state index contributed by atoms with van der Waals surface area (Å²) in [6.07, 6.45) is 0. The SMILES string of the molecule is CCS(=O)(=O)OCCO. The highest BCUT2D eigenvalue weighted by Crippen LogP contribution is 1.89. The van der Waals surface area contributed by atoms with Gasteiger partial charge in [-0.05, 0) is 6.92 Å². The van der Waals surface area contributed by atoms with Gasteiger partial charge in [0.15, 0.2) is 0 Å². The Bertz CT molecular complexity index is 148. The van der Waals surface area contributed by atoms with E-state index < -0.39 is 10.1 Å². The molecule has 0 heterocycles. The molecule has 0 aromatic heterocycles. The zero-order valence-corrected chi connectivity index (χ0v) is 6.02. The summed E-state index contributed by atoms with van der Waals surface area (Å²) in [5.41, 5.74) is 0. The molecule has 0 saturated carbocycles. The summed E-state index contributed by atoms with van der Waals surface area (Å²) in [5.74, 6) is -0.0486. The van der Waals surface area contributed by atoms with Gasteiger partial charge in [0.05, 0.1) is 19.0 Å². The Morgan fingerprint density at radius 3 is 2.44 bits per heavy atom. The van der Waals surface area contributed by atoms with Crippen LogP contribution in [0, 0.1) is 0 Å². The van der Waals surface area contributed by atoms with E-state index in [0.29, 0.717) is 0 Å². The first-order valence-electron chi connectivity index (χ1n) is 2.60. The Kier molecular flexibility index (Phi) is 3.76. The minimum atomic E-state index is -3.34. The molecule has 0 unspecified atom stereocenters. The van der Waals surface area contributed by atoms with E-state index in [4.69, 9.17) is 5.11 Å². The number of rotatable bonds is 4. The largest absolute Gasteiger partial charge is 0.394 e. The third-order valence-electron chi connectivity index (χ3n) is 0.708. The Morgan fingerprint density at radius 1 is 1.56 bits per heavy atom. The second-order valence-corrected chi connectivity index (χ2v) is 3.32. The molecule has 56 valence electrons. The van der Waals surface area contributed by atoms with Crippen molar-refractivity contribution in [2.45, 2.75) is 6.92 Å². The summed E-state index contributed by atoms with van der Waals surface area (Å²) in [4.78, 5) is 0. The number of aliphatic hydroxyl groups excluding tert-OH is 1. The third-order valence-corrected chi connectivity index (χ3v) is 1.94. The number of hydrogen-bond donors (Lipinski definition) is 1. The molecule has 0 aliphatic carbocycles. The maximum absolute atomic E-state index is 10.4. The molecule has 0 amide bonds. The molecule has 0 atom stereocenters. The predicted molar refractivity (Wildman–Crippen MR) is 32.5 cm³/mol. The van der Waals surface area contributed by atoms with Crippen molar-refractivity contribution in [2.75, 3.05) is 19.0 Å². The topological polar surface area (TPSA) is 63.6 Å². The van der Waals surface area contributed by atoms with Crippen LogP contribution in [0.25, 0.3) is 0 Å². The van der Waals surface area contributed by atoms with Gasteiger partial charge in [-0.15, -0.1) is 0 Å². The Morgan fingerprint density at radius 2 is 2.11 bits per heavy atom. The lowest BCUT2D eigenvalue weighted by molar-refractivity contribution is 0.205. The van der Waals surface area contributed by atoms with Crippen molar-refractivity contribution in [1.82, 2.24) is 0 Å². The van der Waals surface area contributed by atoms with Crippen LogP contribution in [0.1, 0.15) is 6.92 Å². The van der Waals surface area contributed by atoms with Gasteiger partial charge in [-0.1, -0.05) is 0 Å². The quantitative estimate of drug-likeness (QED) is 0.546. The highest BCUT2D eigenvalue weighted by Gasteiger charge is 2.04. The minimum absolute atomic E-state index is 0.0486. The van der Waals surface area contributed by atoms with Crippen LogP contribution in [0.5, 0.6) is 0 Å². The first-order valence-corrected chi connectivity index (χ1v) is 4.18. The normalized spacial score (nSPS) is 11.8. The highest BCUT2D eigenvalue weighted by atomic mass is 32.2. The first kappa shape index (κ1) is 8.87. The van der Waals surface area contributed by atoms with Gasteiger partial charge in [0.25, 0.3) is 10.1 Å². The smallest absolute Gasteiger partial charge is 0.267 e. The molecule has 9 heavy (non-hydrogen) atoms. The molecule has 1 N–H and O–H groups in total. The number of aliphatic hydroxyl groups is 1. The third kappa shape index (κ3) is 4.38. The molecule has 0 spiro atoms. The Labute approximate surface area is 54.6 Å². The molecular weight excluding hydrogens is 144 g/mol. The molecule has 4 nitrogen and oxygen atoms in total. The monoisotopic (exact) mass is 154 g/mol. The zero-order valence-electron chi connectivity index (χ0n) is 5.20. The van der Waals surface area contributed by atoms with E-state index in [1.807, 2.05) is 0 Å². The fourth-order valence-electron chi connectivity index (χ4n) is 0.248. The van der Waals surface area contributed by atoms with E-state index in [-0.39, 0.29) is 19.0 Å². The van der Waals surface area contributed by atoms with E-state index in [9.17, 15) is 8.42 Å². The maximum atomic E-state index is 10.4. The van der Waals surface area contributed by atoms with Gasteiger partial charge in [0.1, 0.15) is 0 Å². The van der Waals surface area contributed by atoms with Crippen LogP contribution in [-0.2, 0) is 14.3 Å². The lowest BCUT2D eigenvalue weighted by Crippen LogP contribution is -2.10. The van der Waals surface area contributed by atoms with Gasteiger partial charge in [-0.2, -0.15) is 8.42 Å². The number of hydrogen-bond acceptors (Lipinski definition) is 4. The Balaban J connectivity index is 3.61. The molecule has 0 aliphatic rings. The molecule has 0 fully saturated rings.